The van der Waals surface area contributed by atoms with E-state index >= 15 is 0 Å². The molecule has 3 aromatic rings. The van der Waals surface area contributed by atoms with E-state index in [1.807, 2.05) is 0 Å². The molecule has 0 saturated carbocycles. The van der Waals surface area contributed by atoms with E-state index in [1.54, 1.807) is 0 Å². The molecule has 0 nitrogen and oxygen atoms in total. The van der Waals surface area contributed by atoms with E-state index < -0.39 is 0 Å². The van der Waals surface area contributed by atoms with Gasteiger partial charge in [-0.1, -0.05) is 78.9 Å². The lowest BCUT2D eigenvalue weighted by Gasteiger charge is -2.29. The highest BCUT2D eigenvalue weighted by Crippen LogP contribution is 2.40. The Kier molecular flexibility index (Phi) is 2.67. The first-order valence-electron chi connectivity index (χ1n) is 7.14. The van der Waals surface area contributed by atoms with Gasteiger partial charge in [0, 0.05) is 5.92 Å². The fourth-order valence-electron chi connectivity index (χ4n) is 3.33. The lowest BCUT2D eigenvalue weighted by atomic mass is 9.75. The van der Waals surface area contributed by atoms with Crippen LogP contribution in [0.2, 0.25) is 0 Å². The largest absolute Gasteiger partial charge is 0.0622 e. The van der Waals surface area contributed by atoms with Gasteiger partial charge < -0.3 is 0 Å². The van der Waals surface area contributed by atoms with Gasteiger partial charge in [0.15, 0.2) is 0 Å². The number of hydrogen-bond acceptors (Lipinski definition) is 0. The van der Waals surface area contributed by atoms with E-state index in [4.69, 9.17) is 0 Å². The first-order valence-corrected chi connectivity index (χ1v) is 7.14. The lowest BCUT2D eigenvalue weighted by Crippen LogP contribution is -2.14. The van der Waals surface area contributed by atoms with E-state index in [0.29, 0.717) is 5.92 Å². The van der Waals surface area contributed by atoms with Gasteiger partial charge in [-0.05, 0) is 34.2 Å². The summed E-state index contributed by atoms with van der Waals surface area (Å²) >= 11 is 0. The van der Waals surface area contributed by atoms with Crippen molar-refractivity contribution < 1.29 is 0 Å². The molecule has 0 spiro atoms. The van der Waals surface area contributed by atoms with E-state index in [2.05, 4.69) is 78.9 Å². The van der Waals surface area contributed by atoms with Gasteiger partial charge in [-0.15, -0.1) is 0 Å². The number of hydrogen-bond donors (Lipinski definition) is 0. The van der Waals surface area contributed by atoms with Crippen molar-refractivity contribution in [1.82, 2.24) is 0 Å². The highest BCUT2D eigenvalue weighted by molar-refractivity contribution is 5.54. The second kappa shape index (κ2) is 4.64. The van der Waals surface area contributed by atoms with Crippen molar-refractivity contribution in [2.75, 3.05) is 0 Å². The summed E-state index contributed by atoms with van der Waals surface area (Å²) in [4.78, 5) is 0. The number of benzene rings is 3. The maximum absolute atomic E-state index is 2.28. The molecule has 1 aliphatic carbocycles. The molecular formula is C20H16. The molecule has 4 rings (SSSR count). The molecule has 20 heavy (non-hydrogen) atoms. The van der Waals surface area contributed by atoms with Gasteiger partial charge in [-0.2, -0.15) is 0 Å². The first kappa shape index (κ1) is 11.5. The number of fused-ring (bicyclic) bond motifs is 2. The van der Waals surface area contributed by atoms with Gasteiger partial charge >= 0.3 is 0 Å². The van der Waals surface area contributed by atoms with Crippen LogP contribution in [0.15, 0.2) is 78.9 Å². The summed E-state index contributed by atoms with van der Waals surface area (Å²) in [5, 5.41) is 0. The maximum atomic E-state index is 2.28. The molecule has 0 N–H and O–H groups in total. The van der Waals surface area contributed by atoms with Crippen molar-refractivity contribution >= 4 is 0 Å². The molecule has 0 bridgehead atoms. The zero-order valence-corrected chi connectivity index (χ0v) is 11.3. The fraction of sp³-hybridized carbons (Fsp3) is 0.100. The molecule has 0 fully saturated rings. The van der Waals surface area contributed by atoms with Crippen LogP contribution < -0.4 is 0 Å². The van der Waals surface area contributed by atoms with Crippen LogP contribution >= 0.6 is 0 Å². The second-order valence-corrected chi connectivity index (χ2v) is 5.42. The summed E-state index contributed by atoms with van der Waals surface area (Å²) in [6.45, 7) is 0. The molecule has 0 aliphatic heterocycles. The highest BCUT2D eigenvalue weighted by atomic mass is 14.3. The Labute approximate surface area is 119 Å². The van der Waals surface area contributed by atoms with E-state index in [1.165, 1.54) is 27.8 Å². The minimum atomic E-state index is 0.373. The molecule has 0 heteroatoms. The van der Waals surface area contributed by atoms with Crippen LogP contribution in [0.25, 0.3) is 0 Å². The SMILES string of the molecule is c1ccc(C2c3ccccc3Cc3ccccc32)cc1. The molecular weight excluding hydrogens is 240 g/mol. The summed E-state index contributed by atoms with van der Waals surface area (Å²) in [7, 11) is 0. The zero-order valence-electron chi connectivity index (χ0n) is 11.3. The Morgan fingerprint density at radius 1 is 0.550 bits per heavy atom. The van der Waals surface area contributed by atoms with E-state index in [0.717, 1.165) is 6.42 Å². The third-order valence-electron chi connectivity index (χ3n) is 4.25. The van der Waals surface area contributed by atoms with Crippen molar-refractivity contribution in [3.63, 3.8) is 0 Å². The monoisotopic (exact) mass is 256 g/mol. The number of rotatable bonds is 1. The molecule has 1 aliphatic rings. The quantitative estimate of drug-likeness (QED) is 0.460. The van der Waals surface area contributed by atoms with Crippen molar-refractivity contribution in [1.29, 1.82) is 0 Å². The highest BCUT2D eigenvalue weighted by Gasteiger charge is 2.25. The van der Waals surface area contributed by atoms with Crippen molar-refractivity contribution in [3.8, 4) is 0 Å². The Morgan fingerprint density at radius 3 is 1.65 bits per heavy atom. The molecule has 0 unspecified atom stereocenters. The van der Waals surface area contributed by atoms with Crippen molar-refractivity contribution in [2.24, 2.45) is 0 Å². The van der Waals surface area contributed by atoms with Gasteiger partial charge in [-0.3, -0.25) is 0 Å². The van der Waals surface area contributed by atoms with Crippen molar-refractivity contribution in [2.45, 2.75) is 12.3 Å². The maximum Gasteiger partial charge on any atom is 0.0345 e. The predicted octanol–water partition coefficient (Wildman–Crippen LogP) is 4.77. The van der Waals surface area contributed by atoms with Crippen LogP contribution in [0.3, 0.4) is 0 Å². The van der Waals surface area contributed by atoms with Crippen LogP contribution in [0, 0.1) is 0 Å². The average molecular weight is 256 g/mol. The fourth-order valence-corrected chi connectivity index (χ4v) is 3.33. The molecule has 3 aromatic carbocycles. The van der Waals surface area contributed by atoms with Gasteiger partial charge in [0.1, 0.15) is 0 Å². The predicted molar refractivity (Wildman–Crippen MR) is 83.1 cm³/mol. The molecule has 0 aromatic heterocycles. The lowest BCUT2D eigenvalue weighted by molar-refractivity contribution is 0.885. The normalized spacial score (nSPS) is 13.6. The summed E-state index contributed by atoms with van der Waals surface area (Å²) < 4.78 is 0. The molecule has 0 saturated heterocycles. The molecule has 0 atom stereocenters. The van der Waals surface area contributed by atoms with Crippen LogP contribution in [0.4, 0.5) is 0 Å². The van der Waals surface area contributed by atoms with Gasteiger partial charge in [0.25, 0.3) is 0 Å². The smallest absolute Gasteiger partial charge is 0.0345 e. The van der Waals surface area contributed by atoms with Crippen LogP contribution in [-0.4, -0.2) is 0 Å². The first-order chi connectivity index (χ1) is 9.93. The molecule has 0 radical (unpaired) electrons. The summed E-state index contributed by atoms with van der Waals surface area (Å²) in [6.07, 6.45) is 1.05. The Balaban J connectivity index is 1.98. The molecule has 96 valence electrons. The van der Waals surface area contributed by atoms with Crippen LogP contribution in [0.1, 0.15) is 33.7 Å². The molecule has 0 amide bonds. The summed E-state index contributed by atoms with van der Waals surface area (Å²) in [5.41, 5.74) is 7.21. The molecule has 0 heterocycles. The van der Waals surface area contributed by atoms with Crippen molar-refractivity contribution in [3.05, 3.63) is 107 Å². The van der Waals surface area contributed by atoms with Gasteiger partial charge in [0.2, 0.25) is 0 Å². The van der Waals surface area contributed by atoms with E-state index in [9.17, 15) is 0 Å². The standard InChI is InChI=1S/C20H16/c1-2-8-15(9-3-1)20-18-12-6-4-10-16(18)14-17-11-5-7-13-19(17)20/h1-13,20H,14H2. The van der Waals surface area contributed by atoms with Gasteiger partial charge in [0.05, 0.1) is 0 Å². The average Bonchev–Trinajstić information content (AvgIpc) is 2.53. The topological polar surface area (TPSA) is 0 Å². The minimum absolute atomic E-state index is 0.373. The second-order valence-electron chi connectivity index (χ2n) is 5.42. The Morgan fingerprint density at radius 2 is 1.05 bits per heavy atom. The summed E-state index contributed by atoms with van der Waals surface area (Å²) in [5.74, 6) is 0.373. The Hall–Kier alpha value is -2.34. The third-order valence-corrected chi connectivity index (χ3v) is 4.25. The van der Waals surface area contributed by atoms with Crippen LogP contribution in [-0.2, 0) is 6.42 Å². The summed E-state index contributed by atoms with van der Waals surface area (Å²) in [6, 6.07) is 28.5. The minimum Gasteiger partial charge on any atom is -0.0622 e. The Bertz CT molecular complexity index is 695. The third kappa shape index (κ3) is 1.77. The zero-order chi connectivity index (χ0) is 13.4. The van der Waals surface area contributed by atoms with Gasteiger partial charge in [-0.25, -0.2) is 0 Å². The van der Waals surface area contributed by atoms with E-state index in [-0.39, 0.29) is 0 Å². The van der Waals surface area contributed by atoms with Crippen LogP contribution in [0.5, 0.6) is 0 Å².